The van der Waals surface area contributed by atoms with Crippen LogP contribution in [0.2, 0.25) is 0 Å². The number of aliphatic imine (C=N–C) groups is 1. The lowest BCUT2D eigenvalue weighted by atomic mass is 10.1. The zero-order valence-electron chi connectivity index (χ0n) is 17.8. The summed E-state index contributed by atoms with van der Waals surface area (Å²) in [6, 6.07) is -5.75. The summed E-state index contributed by atoms with van der Waals surface area (Å²) in [6.45, 7) is -1.50. The average Bonchev–Trinajstić information content (AvgIpc) is 2.75. The van der Waals surface area contributed by atoms with Crippen molar-refractivity contribution in [3.63, 3.8) is 0 Å². The molecule has 0 radical (unpaired) electrons. The van der Waals surface area contributed by atoms with E-state index in [9.17, 15) is 29.1 Å². The SMILES string of the molecule is NC(N)=NCCCC(NC(=O)C(N)CO)C(=O)NC(CO)C(=O)NC(CCC(=O)O)C(=O)O. The van der Waals surface area contributed by atoms with Crippen LogP contribution in [0.25, 0.3) is 0 Å². The second kappa shape index (κ2) is 15.3. The number of hydrogen-bond acceptors (Lipinski definition) is 9. The molecule has 0 aliphatic carbocycles. The van der Waals surface area contributed by atoms with Gasteiger partial charge in [0.2, 0.25) is 17.7 Å². The van der Waals surface area contributed by atoms with E-state index in [1.807, 2.05) is 5.32 Å². The van der Waals surface area contributed by atoms with E-state index in [0.717, 1.165) is 0 Å². The molecule has 0 rings (SSSR count). The number of hydrogen-bond donors (Lipinski definition) is 10. The topological polar surface area (TPSA) is 293 Å². The molecule has 0 bridgehead atoms. The van der Waals surface area contributed by atoms with Crippen molar-refractivity contribution in [1.29, 1.82) is 0 Å². The van der Waals surface area contributed by atoms with Crippen LogP contribution in [0.4, 0.5) is 0 Å². The average molecular weight is 477 g/mol. The third-order valence-electron chi connectivity index (χ3n) is 4.19. The summed E-state index contributed by atoms with van der Waals surface area (Å²) in [4.78, 5) is 62.5. The number of aliphatic hydroxyl groups excluding tert-OH is 2. The highest BCUT2D eigenvalue weighted by molar-refractivity contribution is 5.94. The van der Waals surface area contributed by atoms with Crippen molar-refractivity contribution in [2.75, 3.05) is 19.8 Å². The van der Waals surface area contributed by atoms with Crippen LogP contribution in [-0.4, -0.2) is 100.0 Å². The Balaban J connectivity index is 5.27. The standard InChI is InChI=1S/C17H31N7O9/c18-8(6-25)13(29)22-9(2-1-5-21-17(19)20)14(30)24-11(7-26)15(31)23-10(16(32)33)3-4-12(27)28/h8-11,25-26H,1-7,18H2,(H,22,29)(H,23,31)(H,24,30)(H,27,28)(H,32,33)(H4,19,20,21). The van der Waals surface area contributed by atoms with Gasteiger partial charge in [0.05, 0.1) is 13.2 Å². The quantitative estimate of drug-likeness (QED) is 0.0566. The number of guanidine groups is 1. The van der Waals surface area contributed by atoms with Gasteiger partial charge >= 0.3 is 11.9 Å². The maximum Gasteiger partial charge on any atom is 0.326 e. The Morgan fingerprint density at radius 3 is 1.82 bits per heavy atom. The molecule has 16 heteroatoms. The Morgan fingerprint density at radius 2 is 1.33 bits per heavy atom. The smallest absolute Gasteiger partial charge is 0.326 e. The van der Waals surface area contributed by atoms with Crippen LogP contribution in [0.5, 0.6) is 0 Å². The minimum absolute atomic E-state index is 0.0113. The Morgan fingerprint density at radius 1 is 0.788 bits per heavy atom. The lowest BCUT2D eigenvalue weighted by Gasteiger charge is -2.24. The summed E-state index contributed by atoms with van der Waals surface area (Å²) in [7, 11) is 0. The minimum atomic E-state index is -1.60. The van der Waals surface area contributed by atoms with Crippen LogP contribution in [0.3, 0.4) is 0 Å². The molecule has 0 saturated carbocycles. The highest BCUT2D eigenvalue weighted by atomic mass is 16.4. The molecule has 0 spiro atoms. The predicted octanol–water partition coefficient (Wildman–Crippen LogP) is -5.24. The summed E-state index contributed by atoms with van der Waals surface area (Å²) < 4.78 is 0. The van der Waals surface area contributed by atoms with Gasteiger partial charge in [-0.15, -0.1) is 0 Å². The van der Waals surface area contributed by atoms with E-state index in [-0.39, 0.29) is 25.3 Å². The normalized spacial score (nSPS) is 14.2. The summed E-state index contributed by atoms with van der Waals surface area (Å²) in [5, 5.41) is 42.8. The van der Waals surface area contributed by atoms with E-state index < -0.39 is 79.9 Å². The fraction of sp³-hybridized carbons (Fsp3) is 0.647. The van der Waals surface area contributed by atoms with Crippen LogP contribution >= 0.6 is 0 Å². The number of carboxylic acid groups (broad SMARTS) is 2. The molecule has 0 heterocycles. The largest absolute Gasteiger partial charge is 0.481 e. The summed E-state index contributed by atoms with van der Waals surface area (Å²) in [5.74, 6) is -5.82. The Hall–Kier alpha value is -3.50. The molecule has 0 aliphatic rings. The van der Waals surface area contributed by atoms with Gasteiger partial charge in [-0.1, -0.05) is 0 Å². The predicted molar refractivity (Wildman–Crippen MR) is 112 cm³/mol. The number of aliphatic carboxylic acids is 2. The zero-order chi connectivity index (χ0) is 25.6. The molecule has 0 aromatic heterocycles. The van der Waals surface area contributed by atoms with E-state index in [1.165, 1.54) is 0 Å². The maximum absolute atomic E-state index is 12.6. The van der Waals surface area contributed by atoms with Gasteiger partial charge in [-0.25, -0.2) is 4.79 Å². The molecule has 0 aromatic rings. The number of nitrogens with zero attached hydrogens (tertiary/aromatic N) is 1. The molecule has 0 aliphatic heterocycles. The van der Waals surface area contributed by atoms with Gasteiger partial charge in [-0.2, -0.15) is 0 Å². The lowest BCUT2D eigenvalue weighted by molar-refractivity contribution is -0.143. The first-order valence-electron chi connectivity index (χ1n) is 9.81. The summed E-state index contributed by atoms with van der Waals surface area (Å²) in [6.07, 6.45) is -0.757. The fourth-order valence-corrected chi connectivity index (χ4v) is 2.40. The van der Waals surface area contributed by atoms with Gasteiger partial charge < -0.3 is 53.6 Å². The lowest BCUT2D eigenvalue weighted by Crippen LogP contribution is -2.58. The summed E-state index contributed by atoms with van der Waals surface area (Å²) in [5.41, 5.74) is 15.8. The van der Waals surface area contributed by atoms with Crippen LogP contribution in [0.1, 0.15) is 25.7 Å². The van der Waals surface area contributed by atoms with Gasteiger partial charge in [0.1, 0.15) is 24.2 Å². The molecule has 0 aromatic carbocycles. The van der Waals surface area contributed by atoms with E-state index in [4.69, 9.17) is 32.5 Å². The Labute approximate surface area is 188 Å². The Kier molecular flexibility index (Phi) is 13.7. The molecule has 0 fully saturated rings. The van der Waals surface area contributed by atoms with Crippen molar-refractivity contribution >= 4 is 35.6 Å². The second-order valence-corrected chi connectivity index (χ2v) is 6.87. The van der Waals surface area contributed by atoms with Crippen molar-refractivity contribution < 1.29 is 44.4 Å². The number of carboxylic acids is 2. The minimum Gasteiger partial charge on any atom is -0.481 e. The van der Waals surface area contributed by atoms with Crippen LogP contribution in [-0.2, 0) is 24.0 Å². The van der Waals surface area contributed by atoms with Gasteiger partial charge in [-0.3, -0.25) is 24.2 Å². The molecule has 3 amide bonds. The van der Waals surface area contributed by atoms with E-state index >= 15 is 0 Å². The van der Waals surface area contributed by atoms with E-state index in [1.54, 1.807) is 0 Å². The number of amides is 3. The van der Waals surface area contributed by atoms with Crippen molar-refractivity contribution in [2.45, 2.75) is 49.9 Å². The third-order valence-corrected chi connectivity index (χ3v) is 4.19. The Bertz CT molecular complexity index is 728. The monoisotopic (exact) mass is 477 g/mol. The third kappa shape index (κ3) is 12.2. The van der Waals surface area contributed by atoms with Gasteiger partial charge in [0.25, 0.3) is 0 Å². The molecule has 13 N–H and O–H groups in total. The maximum atomic E-state index is 12.6. The molecule has 4 unspecified atom stereocenters. The van der Waals surface area contributed by atoms with Gasteiger partial charge in [-0.05, 0) is 19.3 Å². The van der Waals surface area contributed by atoms with Crippen molar-refractivity contribution in [1.82, 2.24) is 16.0 Å². The van der Waals surface area contributed by atoms with E-state index in [2.05, 4.69) is 15.6 Å². The molecular formula is C17H31N7O9. The second-order valence-electron chi connectivity index (χ2n) is 6.87. The van der Waals surface area contributed by atoms with Gasteiger partial charge in [0.15, 0.2) is 5.96 Å². The van der Waals surface area contributed by atoms with Crippen LogP contribution in [0, 0.1) is 0 Å². The molecular weight excluding hydrogens is 446 g/mol. The highest BCUT2D eigenvalue weighted by Gasteiger charge is 2.30. The number of aliphatic hydroxyl groups is 2. The van der Waals surface area contributed by atoms with Crippen molar-refractivity contribution in [2.24, 2.45) is 22.2 Å². The molecule has 4 atom stereocenters. The highest BCUT2D eigenvalue weighted by Crippen LogP contribution is 2.02. The van der Waals surface area contributed by atoms with Crippen molar-refractivity contribution in [3.05, 3.63) is 0 Å². The van der Waals surface area contributed by atoms with Crippen LogP contribution in [0.15, 0.2) is 4.99 Å². The number of carbonyl (C=O) groups excluding carboxylic acids is 3. The number of rotatable bonds is 16. The first-order valence-corrected chi connectivity index (χ1v) is 9.81. The number of carbonyl (C=O) groups is 5. The molecule has 188 valence electrons. The van der Waals surface area contributed by atoms with Crippen LogP contribution < -0.4 is 33.2 Å². The fourth-order valence-electron chi connectivity index (χ4n) is 2.40. The first-order chi connectivity index (χ1) is 15.4. The van der Waals surface area contributed by atoms with Gasteiger partial charge in [0, 0.05) is 13.0 Å². The number of nitrogens with two attached hydrogens (primary N) is 3. The van der Waals surface area contributed by atoms with Crippen molar-refractivity contribution in [3.8, 4) is 0 Å². The molecule has 16 nitrogen and oxygen atoms in total. The first kappa shape index (κ1) is 29.5. The molecule has 33 heavy (non-hydrogen) atoms. The molecule has 0 saturated heterocycles. The zero-order valence-corrected chi connectivity index (χ0v) is 17.8. The van der Waals surface area contributed by atoms with E-state index in [0.29, 0.717) is 0 Å². The number of nitrogens with one attached hydrogen (secondary N) is 3. The summed E-state index contributed by atoms with van der Waals surface area (Å²) >= 11 is 0.